The lowest BCUT2D eigenvalue weighted by Crippen LogP contribution is -2.41. The van der Waals surface area contributed by atoms with Gasteiger partial charge in [-0.1, -0.05) is 31.8 Å². The zero-order valence-corrected chi connectivity index (χ0v) is 18.3. The Balaban J connectivity index is 1.74. The number of rotatable bonds is 6. The number of aromatic nitrogens is 1. The highest BCUT2D eigenvalue weighted by molar-refractivity contribution is 6.76. The summed E-state index contributed by atoms with van der Waals surface area (Å²) in [5.41, 5.74) is 1.56. The first kappa shape index (κ1) is 19.7. The minimum absolute atomic E-state index is 0.325. The van der Waals surface area contributed by atoms with Crippen LogP contribution in [-0.2, 0) is 20.8 Å². The summed E-state index contributed by atoms with van der Waals surface area (Å²) in [6, 6.07) is 9.71. The number of hydrogen-bond acceptors (Lipinski definition) is 3. The highest BCUT2D eigenvalue weighted by Crippen LogP contribution is 2.36. The van der Waals surface area contributed by atoms with Crippen LogP contribution in [0.1, 0.15) is 27.7 Å². The minimum Gasteiger partial charge on any atom is -0.399 e. The maximum absolute atomic E-state index is 6.19. The van der Waals surface area contributed by atoms with Crippen molar-refractivity contribution in [3.05, 3.63) is 30.5 Å². The number of ether oxygens (including phenoxy) is 1. The number of nitrogens with zero attached hydrogens (tertiary/aromatic N) is 1. The molecular formula is C20H32BNO3Si. The predicted molar refractivity (Wildman–Crippen MR) is 112 cm³/mol. The number of fused-ring (bicyclic) bond motifs is 1. The van der Waals surface area contributed by atoms with Gasteiger partial charge in [0.1, 0.15) is 6.73 Å². The van der Waals surface area contributed by atoms with Gasteiger partial charge in [-0.05, 0) is 56.7 Å². The first-order valence-corrected chi connectivity index (χ1v) is 13.2. The second-order valence-corrected chi connectivity index (χ2v) is 15.2. The molecule has 0 N–H and O–H groups in total. The van der Waals surface area contributed by atoms with Crippen LogP contribution in [-0.4, -0.2) is 37.6 Å². The lowest BCUT2D eigenvalue weighted by Gasteiger charge is -2.32. The Labute approximate surface area is 159 Å². The molecule has 0 radical (unpaired) electrons. The molecule has 6 heteroatoms. The molecule has 1 fully saturated rings. The molecule has 4 nitrogen and oxygen atoms in total. The molecule has 1 aromatic carbocycles. The Kier molecular flexibility index (Phi) is 5.16. The van der Waals surface area contributed by atoms with Crippen LogP contribution < -0.4 is 5.46 Å². The maximum atomic E-state index is 6.19. The third kappa shape index (κ3) is 4.09. The van der Waals surface area contributed by atoms with E-state index >= 15 is 0 Å². The van der Waals surface area contributed by atoms with E-state index in [2.05, 4.69) is 82.4 Å². The van der Waals surface area contributed by atoms with Gasteiger partial charge in [0.25, 0.3) is 0 Å². The fourth-order valence-corrected chi connectivity index (χ4v) is 3.74. The monoisotopic (exact) mass is 373 g/mol. The van der Waals surface area contributed by atoms with Crippen molar-refractivity contribution >= 4 is 31.6 Å². The molecule has 1 saturated heterocycles. The molecule has 1 aromatic heterocycles. The van der Waals surface area contributed by atoms with Gasteiger partial charge in [-0.25, -0.2) is 0 Å². The maximum Gasteiger partial charge on any atom is 0.494 e. The van der Waals surface area contributed by atoms with Crippen LogP contribution in [0.5, 0.6) is 0 Å². The van der Waals surface area contributed by atoms with Crippen LogP contribution in [0.15, 0.2) is 30.5 Å². The standard InChI is InChI=1S/C20H32BNO3Si/c1-19(2)20(3,4)25-21(24-19)17-9-8-16-10-11-22(18(16)14-17)15-23-12-13-26(5,6)7/h8-11,14H,12-13,15H2,1-7H3. The molecule has 0 atom stereocenters. The van der Waals surface area contributed by atoms with Gasteiger partial charge in [0.05, 0.1) is 11.2 Å². The Hall–Kier alpha value is -1.08. The van der Waals surface area contributed by atoms with Gasteiger partial charge in [-0.2, -0.15) is 0 Å². The average Bonchev–Trinajstić information content (AvgIpc) is 3.00. The van der Waals surface area contributed by atoms with Crippen LogP contribution in [0.4, 0.5) is 0 Å². The summed E-state index contributed by atoms with van der Waals surface area (Å²) in [5, 5.41) is 1.21. The summed E-state index contributed by atoms with van der Waals surface area (Å²) in [6.45, 7) is 16.9. The third-order valence-electron chi connectivity index (χ3n) is 5.55. The average molecular weight is 373 g/mol. The van der Waals surface area contributed by atoms with E-state index in [9.17, 15) is 0 Å². The molecule has 0 spiro atoms. The smallest absolute Gasteiger partial charge is 0.399 e. The molecule has 3 rings (SSSR count). The molecule has 0 saturated carbocycles. The SMILES string of the molecule is CC1(C)OB(c2ccc3ccn(COCC[Si](C)(C)C)c3c2)OC1(C)C. The zero-order chi connectivity index (χ0) is 19.2. The Morgan fingerprint density at radius 3 is 2.31 bits per heavy atom. The highest BCUT2D eigenvalue weighted by Gasteiger charge is 2.51. The quantitative estimate of drug-likeness (QED) is 0.561. The minimum atomic E-state index is -1.05. The van der Waals surface area contributed by atoms with Crippen molar-refractivity contribution in [1.82, 2.24) is 4.57 Å². The summed E-state index contributed by atoms with van der Waals surface area (Å²) >= 11 is 0. The fourth-order valence-electron chi connectivity index (χ4n) is 2.98. The van der Waals surface area contributed by atoms with Gasteiger partial charge < -0.3 is 18.6 Å². The second kappa shape index (κ2) is 6.82. The first-order chi connectivity index (χ1) is 12.0. The van der Waals surface area contributed by atoms with E-state index in [0.29, 0.717) is 6.73 Å². The fraction of sp³-hybridized carbons (Fsp3) is 0.600. The van der Waals surface area contributed by atoms with E-state index < -0.39 is 8.07 Å². The number of hydrogen-bond donors (Lipinski definition) is 0. The van der Waals surface area contributed by atoms with Crippen molar-refractivity contribution in [2.75, 3.05) is 6.61 Å². The molecule has 0 amide bonds. The van der Waals surface area contributed by atoms with Crippen LogP contribution >= 0.6 is 0 Å². The Morgan fingerprint density at radius 1 is 1.04 bits per heavy atom. The van der Waals surface area contributed by atoms with Crippen molar-refractivity contribution in [3.8, 4) is 0 Å². The lowest BCUT2D eigenvalue weighted by atomic mass is 9.79. The van der Waals surface area contributed by atoms with E-state index in [0.717, 1.165) is 17.6 Å². The van der Waals surface area contributed by atoms with Gasteiger partial charge in [0.15, 0.2) is 0 Å². The summed E-state index contributed by atoms with van der Waals surface area (Å²) in [4.78, 5) is 0. The van der Waals surface area contributed by atoms with E-state index in [1.165, 1.54) is 11.4 Å². The largest absolute Gasteiger partial charge is 0.494 e. The molecule has 0 unspecified atom stereocenters. The van der Waals surface area contributed by atoms with E-state index in [1.54, 1.807) is 0 Å². The molecule has 1 aliphatic heterocycles. The van der Waals surface area contributed by atoms with Crippen molar-refractivity contribution in [2.24, 2.45) is 0 Å². The van der Waals surface area contributed by atoms with Crippen LogP contribution in [0.2, 0.25) is 25.7 Å². The number of benzene rings is 1. The van der Waals surface area contributed by atoms with Crippen molar-refractivity contribution in [3.63, 3.8) is 0 Å². The molecule has 0 bridgehead atoms. The second-order valence-electron chi connectivity index (χ2n) is 9.54. The van der Waals surface area contributed by atoms with Crippen LogP contribution in [0.25, 0.3) is 10.9 Å². The van der Waals surface area contributed by atoms with Crippen molar-refractivity contribution in [1.29, 1.82) is 0 Å². The lowest BCUT2D eigenvalue weighted by molar-refractivity contribution is 0.00578. The normalized spacial score (nSPS) is 19.4. The van der Waals surface area contributed by atoms with Crippen LogP contribution in [0, 0.1) is 0 Å². The first-order valence-electron chi connectivity index (χ1n) is 9.51. The van der Waals surface area contributed by atoms with Crippen molar-refractivity contribution < 1.29 is 14.0 Å². The molecule has 2 heterocycles. The van der Waals surface area contributed by atoms with Gasteiger partial charge >= 0.3 is 7.12 Å². The summed E-state index contributed by atoms with van der Waals surface area (Å²) in [7, 11) is -1.39. The molecular weight excluding hydrogens is 341 g/mol. The van der Waals surface area contributed by atoms with E-state index in [1.807, 2.05) is 0 Å². The van der Waals surface area contributed by atoms with Crippen LogP contribution in [0.3, 0.4) is 0 Å². The summed E-state index contributed by atoms with van der Waals surface area (Å²) in [5.74, 6) is 0. The highest BCUT2D eigenvalue weighted by atomic mass is 28.3. The Morgan fingerprint density at radius 2 is 1.69 bits per heavy atom. The zero-order valence-electron chi connectivity index (χ0n) is 17.3. The van der Waals surface area contributed by atoms with Crippen molar-refractivity contribution in [2.45, 2.75) is 71.3 Å². The molecule has 0 aliphatic carbocycles. The topological polar surface area (TPSA) is 32.6 Å². The predicted octanol–water partition coefficient (Wildman–Crippen LogP) is 4.25. The molecule has 2 aromatic rings. The molecule has 142 valence electrons. The van der Waals surface area contributed by atoms with E-state index in [-0.39, 0.29) is 18.3 Å². The third-order valence-corrected chi connectivity index (χ3v) is 7.25. The van der Waals surface area contributed by atoms with E-state index in [4.69, 9.17) is 14.0 Å². The van der Waals surface area contributed by atoms with Gasteiger partial charge in [0.2, 0.25) is 0 Å². The summed E-state index contributed by atoms with van der Waals surface area (Å²) in [6.07, 6.45) is 2.09. The summed E-state index contributed by atoms with van der Waals surface area (Å²) < 4.78 is 20.5. The Bertz CT molecular complexity index is 763. The van der Waals surface area contributed by atoms with Gasteiger partial charge in [-0.3, -0.25) is 0 Å². The molecule has 26 heavy (non-hydrogen) atoms. The van der Waals surface area contributed by atoms with Gasteiger partial charge in [-0.15, -0.1) is 0 Å². The van der Waals surface area contributed by atoms with Gasteiger partial charge in [0, 0.05) is 26.4 Å². The molecule has 1 aliphatic rings.